The van der Waals surface area contributed by atoms with E-state index in [-0.39, 0.29) is 0 Å². The van der Waals surface area contributed by atoms with E-state index >= 15 is 0 Å². The standard InChI is InChI=1S/C13H17N3/c1-2-7-16-8-10(9-16)13-14-11-5-3-4-6-12(11)15-13/h3-6,10H,2,7-9H2,1H3,(H,14,15). The van der Waals surface area contributed by atoms with Gasteiger partial charge in [0.1, 0.15) is 5.82 Å². The molecule has 2 aromatic rings. The summed E-state index contributed by atoms with van der Waals surface area (Å²) >= 11 is 0. The molecular formula is C13H17N3. The Kier molecular flexibility index (Phi) is 2.40. The Balaban J connectivity index is 1.76. The van der Waals surface area contributed by atoms with Crippen LogP contribution in [-0.4, -0.2) is 34.5 Å². The molecule has 1 N–H and O–H groups in total. The van der Waals surface area contributed by atoms with E-state index in [1.807, 2.05) is 6.07 Å². The van der Waals surface area contributed by atoms with Gasteiger partial charge in [0.25, 0.3) is 0 Å². The van der Waals surface area contributed by atoms with E-state index in [0.717, 1.165) is 29.9 Å². The van der Waals surface area contributed by atoms with Crippen molar-refractivity contribution in [1.29, 1.82) is 0 Å². The van der Waals surface area contributed by atoms with Gasteiger partial charge in [-0.1, -0.05) is 19.1 Å². The molecule has 1 fully saturated rings. The summed E-state index contributed by atoms with van der Waals surface area (Å²) in [6.07, 6.45) is 1.24. The van der Waals surface area contributed by atoms with Crippen LogP contribution in [0, 0.1) is 0 Å². The molecule has 0 unspecified atom stereocenters. The first-order valence-corrected chi connectivity index (χ1v) is 6.04. The SMILES string of the molecule is CCCN1CC(c2nc3ccccc3[nH]2)C1. The highest BCUT2D eigenvalue weighted by Crippen LogP contribution is 2.26. The normalized spacial score (nSPS) is 17.8. The maximum atomic E-state index is 4.65. The van der Waals surface area contributed by atoms with Crippen molar-refractivity contribution in [3.05, 3.63) is 30.1 Å². The highest BCUT2D eigenvalue weighted by molar-refractivity contribution is 5.74. The van der Waals surface area contributed by atoms with Gasteiger partial charge in [-0.25, -0.2) is 4.98 Å². The minimum atomic E-state index is 0.610. The smallest absolute Gasteiger partial charge is 0.112 e. The predicted molar refractivity (Wildman–Crippen MR) is 65.6 cm³/mol. The first-order chi connectivity index (χ1) is 7.86. The molecule has 3 nitrogen and oxygen atoms in total. The van der Waals surface area contributed by atoms with Crippen LogP contribution < -0.4 is 0 Å². The van der Waals surface area contributed by atoms with Gasteiger partial charge in [0.15, 0.2) is 0 Å². The van der Waals surface area contributed by atoms with Gasteiger partial charge in [0, 0.05) is 19.0 Å². The molecule has 1 aromatic heterocycles. The van der Waals surface area contributed by atoms with Crippen molar-refractivity contribution >= 4 is 11.0 Å². The number of hydrogen-bond acceptors (Lipinski definition) is 2. The zero-order valence-electron chi connectivity index (χ0n) is 9.61. The molecule has 1 saturated heterocycles. The van der Waals surface area contributed by atoms with Gasteiger partial charge < -0.3 is 9.88 Å². The third-order valence-electron chi connectivity index (χ3n) is 3.29. The molecule has 16 heavy (non-hydrogen) atoms. The maximum absolute atomic E-state index is 4.65. The van der Waals surface area contributed by atoms with Crippen LogP contribution in [0.15, 0.2) is 24.3 Å². The Labute approximate surface area is 95.5 Å². The van der Waals surface area contributed by atoms with Crippen molar-refractivity contribution in [2.75, 3.05) is 19.6 Å². The lowest BCUT2D eigenvalue weighted by atomic mass is 9.99. The number of aromatic amines is 1. The number of hydrogen-bond donors (Lipinski definition) is 1. The Morgan fingerprint density at radius 2 is 2.19 bits per heavy atom. The monoisotopic (exact) mass is 215 g/mol. The summed E-state index contributed by atoms with van der Waals surface area (Å²) in [6.45, 7) is 5.77. The van der Waals surface area contributed by atoms with Crippen LogP contribution in [0.2, 0.25) is 0 Å². The lowest BCUT2D eigenvalue weighted by Gasteiger charge is -2.37. The molecule has 0 spiro atoms. The molecule has 0 bridgehead atoms. The fraction of sp³-hybridized carbons (Fsp3) is 0.462. The summed E-state index contributed by atoms with van der Waals surface area (Å²) in [5, 5.41) is 0. The molecule has 2 heterocycles. The van der Waals surface area contributed by atoms with E-state index in [0.29, 0.717) is 5.92 Å². The van der Waals surface area contributed by atoms with Crippen LogP contribution in [0.25, 0.3) is 11.0 Å². The van der Waals surface area contributed by atoms with Crippen LogP contribution in [0.5, 0.6) is 0 Å². The lowest BCUT2D eigenvalue weighted by molar-refractivity contribution is 0.144. The topological polar surface area (TPSA) is 31.9 Å². The molecule has 84 valence electrons. The highest BCUT2D eigenvalue weighted by atomic mass is 15.2. The fourth-order valence-corrected chi connectivity index (χ4v) is 2.41. The summed E-state index contributed by atoms with van der Waals surface area (Å²) in [7, 11) is 0. The molecule has 3 rings (SSSR count). The molecule has 0 radical (unpaired) electrons. The van der Waals surface area contributed by atoms with E-state index in [2.05, 4.69) is 40.0 Å². The fourth-order valence-electron chi connectivity index (χ4n) is 2.41. The third-order valence-corrected chi connectivity index (χ3v) is 3.29. The van der Waals surface area contributed by atoms with Crippen LogP contribution in [0.1, 0.15) is 25.1 Å². The number of nitrogens with zero attached hydrogens (tertiary/aromatic N) is 2. The molecular weight excluding hydrogens is 198 g/mol. The number of benzene rings is 1. The minimum Gasteiger partial charge on any atom is -0.342 e. The van der Waals surface area contributed by atoms with E-state index in [9.17, 15) is 0 Å². The Bertz CT molecular complexity index is 450. The maximum Gasteiger partial charge on any atom is 0.112 e. The van der Waals surface area contributed by atoms with Crippen molar-refractivity contribution in [2.24, 2.45) is 0 Å². The van der Waals surface area contributed by atoms with E-state index in [1.165, 1.54) is 13.0 Å². The molecule has 0 atom stereocenters. The van der Waals surface area contributed by atoms with E-state index in [4.69, 9.17) is 0 Å². The second-order valence-electron chi connectivity index (χ2n) is 4.60. The minimum absolute atomic E-state index is 0.610. The number of fused-ring (bicyclic) bond motifs is 1. The zero-order chi connectivity index (χ0) is 11.0. The molecule has 0 amide bonds. The van der Waals surface area contributed by atoms with Crippen molar-refractivity contribution in [2.45, 2.75) is 19.3 Å². The van der Waals surface area contributed by atoms with Gasteiger partial charge in [0.05, 0.1) is 11.0 Å². The van der Waals surface area contributed by atoms with Gasteiger partial charge in [0.2, 0.25) is 0 Å². The first-order valence-electron chi connectivity index (χ1n) is 6.04. The quantitative estimate of drug-likeness (QED) is 0.852. The van der Waals surface area contributed by atoms with Gasteiger partial charge in [-0.15, -0.1) is 0 Å². The molecule has 3 heteroatoms. The second-order valence-corrected chi connectivity index (χ2v) is 4.60. The summed E-state index contributed by atoms with van der Waals surface area (Å²) in [6, 6.07) is 8.25. The van der Waals surface area contributed by atoms with Gasteiger partial charge >= 0.3 is 0 Å². The third kappa shape index (κ3) is 1.61. The number of likely N-dealkylation sites (tertiary alicyclic amines) is 1. The van der Waals surface area contributed by atoms with Crippen molar-refractivity contribution in [3.63, 3.8) is 0 Å². The largest absolute Gasteiger partial charge is 0.342 e. The van der Waals surface area contributed by atoms with Crippen LogP contribution in [0.3, 0.4) is 0 Å². The van der Waals surface area contributed by atoms with Gasteiger partial charge in [-0.3, -0.25) is 0 Å². The first kappa shape index (κ1) is 9.85. The second kappa shape index (κ2) is 3.91. The van der Waals surface area contributed by atoms with Crippen molar-refractivity contribution < 1.29 is 0 Å². The van der Waals surface area contributed by atoms with Crippen molar-refractivity contribution in [3.8, 4) is 0 Å². The predicted octanol–water partition coefficient (Wildman–Crippen LogP) is 2.37. The summed E-state index contributed by atoms with van der Waals surface area (Å²) in [5.74, 6) is 1.77. The average molecular weight is 215 g/mol. The van der Waals surface area contributed by atoms with Gasteiger partial charge in [-0.05, 0) is 25.1 Å². The number of para-hydroxylation sites is 2. The lowest BCUT2D eigenvalue weighted by Crippen LogP contribution is -2.45. The number of H-pyrrole nitrogens is 1. The Morgan fingerprint density at radius 3 is 2.94 bits per heavy atom. The molecule has 1 aliphatic rings. The Hall–Kier alpha value is -1.35. The Morgan fingerprint density at radius 1 is 1.38 bits per heavy atom. The number of aromatic nitrogens is 2. The van der Waals surface area contributed by atoms with E-state index < -0.39 is 0 Å². The molecule has 0 saturated carbocycles. The molecule has 1 aromatic carbocycles. The van der Waals surface area contributed by atoms with Gasteiger partial charge in [-0.2, -0.15) is 0 Å². The molecule has 1 aliphatic heterocycles. The zero-order valence-corrected chi connectivity index (χ0v) is 9.61. The summed E-state index contributed by atoms with van der Waals surface area (Å²) in [5.41, 5.74) is 2.25. The summed E-state index contributed by atoms with van der Waals surface area (Å²) < 4.78 is 0. The number of rotatable bonds is 3. The van der Waals surface area contributed by atoms with Crippen LogP contribution in [0.4, 0.5) is 0 Å². The van der Waals surface area contributed by atoms with E-state index in [1.54, 1.807) is 0 Å². The highest BCUT2D eigenvalue weighted by Gasteiger charge is 2.29. The van der Waals surface area contributed by atoms with Crippen LogP contribution >= 0.6 is 0 Å². The van der Waals surface area contributed by atoms with Crippen LogP contribution in [-0.2, 0) is 0 Å². The number of nitrogens with one attached hydrogen (secondary N) is 1. The molecule has 0 aliphatic carbocycles. The number of imidazole rings is 1. The summed E-state index contributed by atoms with van der Waals surface area (Å²) in [4.78, 5) is 10.6. The van der Waals surface area contributed by atoms with Crippen molar-refractivity contribution in [1.82, 2.24) is 14.9 Å². The average Bonchev–Trinajstić information content (AvgIpc) is 2.65.